The Hall–Kier alpha value is -1.87. The third-order valence-corrected chi connectivity index (χ3v) is 3.32. The van der Waals surface area contributed by atoms with Crippen LogP contribution in [0, 0.1) is 20.8 Å². The first-order valence-electron chi connectivity index (χ1n) is 6.40. The first-order chi connectivity index (χ1) is 9.01. The number of Topliss-reactive ketones (excluding diaryl/α,β-unsaturated/α-hetero) is 1. The number of nitrogens with two attached hydrogens (primary N) is 1. The van der Waals surface area contributed by atoms with Gasteiger partial charge in [-0.2, -0.15) is 0 Å². The predicted molar refractivity (Wildman–Crippen MR) is 75.3 cm³/mol. The number of carbonyl (C=O) groups excluding carboxylic acids is 1. The molecule has 0 fully saturated rings. The van der Waals surface area contributed by atoms with Gasteiger partial charge in [-0.3, -0.25) is 4.79 Å². The standard InChI is InChI=1S/C16H19NO2/c1-10-6-11(2)14(12(3)7-10)8-15(18)16-5-4-13(9-17)19-16/h4-7H,8-9,17H2,1-3H3. The molecule has 0 unspecified atom stereocenters. The van der Waals surface area contributed by atoms with Gasteiger partial charge in [0.05, 0.1) is 6.54 Å². The van der Waals surface area contributed by atoms with E-state index in [2.05, 4.69) is 19.1 Å². The van der Waals surface area contributed by atoms with Crippen molar-refractivity contribution in [3.63, 3.8) is 0 Å². The molecule has 0 amide bonds. The third kappa shape index (κ3) is 2.93. The molecule has 100 valence electrons. The molecule has 0 atom stereocenters. The molecular weight excluding hydrogens is 238 g/mol. The van der Waals surface area contributed by atoms with E-state index < -0.39 is 0 Å². The van der Waals surface area contributed by atoms with Gasteiger partial charge < -0.3 is 10.2 Å². The molecule has 19 heavy (non-hydrogen) atoms. The van der Waals surface area contributed by atoms with Crippen LogP contribution in [0.2, 0.25) is 0 Å². The van der Waals surface area contributed by atoms with Gasteiger partial charge in [0.25, 0.3) is 0 Å². The fourth-order valence-electron chi connectivity index (χ4n) is 2.37. The average molecular weight is 257 g/mol. The summed E-state index contributed by atoms with van der Waals surface area (Å²) in [6.45, 7) is 6.45. The maximum Gasteiger partial charge on any atom is 0.202 e. The quantitative estimate of drug-likeness (QED) is 0.856. The Morgan fingerprint density at radius 2 is 1.79 bits per heavy atom. The number of ketones is 1. The zero-order valence-corrected chi connectivity index (χ0v) is 11.6. The van der Waals surface area contributed by atoms with Crippen LogP contribution >= 0.6 is 0 Å². The summed E-state index contributed by atoms with van der Waals surface area (Å²) in [5, 5.41) is 0. The lowest BCUT2D eigenvalue weighted by Gasteiger charge is -2.09. The van der Waals surface area contributed by atoms with Crippen LogP contribution in [0.5, 0.6) is 0 Å². The summed E-state index contributed by atoms with van der Waals surface area (Å²) in [4.78, 5) is 12.2. The Morgan fingerprint density at radius 3 is 2.32 bits per heavy atom. The molecule has 2 aromatic rings. The zero-order valence-electron chi connectivity index (χ0n) is 11.6. The summed E-state index contributed by atoms with van der Waals surface area (Å²) < 4.78 is 5.40. The molecule has 1 aromatic carbocycles. The van der Waals surface area contributed by atoms with Gasteiger partial charge in [0.2, 0.25) is 5.78 Å². The molecule has 3 heteroatoms. The molecule has 3 nitrogen and oxygen atoms in total. The van der Waals surface area contributed by atoms with E-state index in [4.69, 9.17) is 10.2 Å². The predicted octanol–water partition coefficient (Wildman–Crippen LogP) is 3.09. The average Bonchev–Trinajstić information content (AvgIpc) is 2.82. The SMILES string of the molecule is Cc1cc(C)c(CC(=O)c2ccc(CN)o2)c(C)c1. The lowest BCUT2D eigenvalue weighted by atomic mass is 9.95. The fourth-order valence-corrected chi connectivity index (χ4v) is 2.37. The largest absolute Gasteiger partial charge is 0.457 e. The van der Waals surface area contributed by atoms with Crippen LogP contribution in [0.15, 0.2) is 28.7 Å². The number of benzene rings is 1. The summed E-state index contributed by atoms with van der Waals surface area (Å²) in [5.74, 6) is 1.02. The van der Waals surface area contributed by atoms with E-state index in [1.54, 1.807) is 12.1 Å². The van der Waals surface area contributed by atoms with E-state index >= 15 is 0 Å². The number of carbonyl (C=O) groups is 1. The van der Waals surface area contributed by atoms with Gasteiger partial charge in [-0.25, -0.2) is 0 Å². The van der Waals surface area contributed by atoms with Gasteiger partial charge in [0.15, 0.2) is 5.76 Å². The molecule has 0 radical (unpaired) electrons. The Kier molecular flexibility index (Phi) is 3.86. The van der Waals surface area contributed by atoms with E-state index in [9.17, 15) is 4.79 Å². The van der Waals surface area contributed by atoms with Crippen LogP contribution in [0.1, 0.15) is 38.6 Å². The highest BCUT2D eigenvalue weighted by Gasteiger charge is 2.14. The summed E-state index contributed by atoms with van der Waals surface area (Å²) in [5.41, 5.74) is 10.1. The highest BCUT2D eigenvalue weighted by atomic mass is 16.3. The number of rotatable bonds is 4. The maximum atomic E-state index is 12.2. The van der Waals surface area contributed by atoms with Crippen molar-refractivity contribution in [1.82, 2.24) is 0 Å². The lowest BCUT2D eigenvalue weighted by Crippen LogP contribution is -2.06. The van der Waals surface area contributed by atoms with Crippen LogP contribution in [-0.2, 0) is 13.0 Å². The normalized spacial score (nSPS) is 10.7. The molecule has 1 aromatic heterocycles. The monoisotopic (exact) mass is 257 g/mol. The van der Waals surface area contributed by atoms with Crippen molar-refractivity contribution in [2.75, 3.05) is 0 Å². The van der Waals surface area contributed by atoms with Crippen LogP contribution in [0.3, 0.4) is 0 Å². The van der Waals surface area contributed by atoms with E-state index in [-0.39, 0.29) is 5.78 Å². The molecule has 0 aliphatic carbocycles. The second-order valence-electron chi connectivity index (χ2n) is 4.95. The highest BCUT2D eigenvalue weighted by Crippen LogP contribution is 2.19. The summed E-state index contributed by atoms with van der Waals surface area (Å²) >= 11 is 0. The van der Waals surface area contributed by atoms with Crippen LogP contribution in [0.25, 0.3) is 0 Å². The van der Waals surface area contributed by atoms with Gasteiger partial charge in [-0.15, -0.1) is 0 Å². The molecular formula is C16H19NO2. The minimum Gasteiger partial charge on any atom is -0.457 e. The van der Waals surface area contributed by atoms with Crippen molar-refractivity contribution in [2.24, 2.45) is 5.73 Å². The van der Waals surface area contributed by atoms with Crippen LogP contribution in [-0.4, -0.2) is 5.78 Å². The second-order valence-corrected chi connectivity index (χ2v) is 4.95. The van der Waals surface area contributed by atoms with E-state index in [0.717, 1.165) is 16.7 Å². The molecule has 1 heterocycles. The second kappa shape index (κ2) is 5.41. The van der Waals surface area contributed by atoms with E-state index in [1.165, 1.54) is 5.56 Å². The molecule has 0 bridgehead atoms. The van der Waals surface area contributed by atoms with E-state index in [0.29, 0.717) is 24.5 Å². The Labute approximate surface area is 113 Å². The first kappa shape index (κ1) is 13.6. The van der Waals surface area contributed by atoms with Crippen molar-refractivity contribution >= 4 is 5.78 Å². The third-order valence-electron chi connectivity index (χ3n) is 3.32. The summed E-state index contributed by atoms with van der Waals surface area (Å²) in [6, 6.07) is 7.65. The highest BCUT2D eigenvalue weighted by molar-refractivity contribution is 5.95. The first-order valence-corrected chi connectivity index (χ1v) is 6.40. The maximum absolute atomic E-state index is 12.2. The number of aryl methyl sites for hydroxylation is 3. The van der Waals surface area contributed by atoms with Crippen molar-refractivity contribution in [3.8, 4) is 0 Å². The fraction of sp³-hybridized carbons (Fsp3) is 0.312. The van der Waals surface area contributed by atoms with Crippen LogP contribution < -0.4 is 5.73 Å². The van der Waals surface area contributed by atoms with Crippen LogP contribution in [0.4, 0.5) is 0 Å². The smallest absolute Gasteiger partial charge is 0.202 e. The molecule has 0 spiro atoms. The molecule has 2 rings (SSSR count). The topological polar surface area (TPSA) is 56.2 Å². The van der Waals surface area contributed by atoms with Gasteiger partial charge >= 0.3 is 0 Å². The van der Waals surface area contributed by atoms with Gasteiger partial charge in [-0.1, -0.05) is 17.7 Å². The number of hydrogen-bond donors (Lipinski definition) is 1. The van der Waals surface area contributed by atoms with Crippen molar-refractivity contribution < 1.29 is 9.21 Å². The minimum atomic E-state index is -0.00486. The van der Waals surface area contributed by atoms with Gasteiger partial charge in [-0.05, 0) is 49.6 Å². The molecule has 2 N–H and O–H groups in total. The molecule has 0 saturated heterocycles. The van der Waals surface area contributed by atoms with Crippen molar-refractivity contribution in [2.45, 2.75) is 33.7 Å². The lowest BCUT2D eigenvalue weighted by molar-refractivity contribution is 0.0964. The Morgan fingerprint density at radius 1 is 1.16 bits per heavy atom. The van der Waals surface area contributed by atoms with Crippen molar-refractivity contribution in [3.05, 3.63) is 58.0 Å². The molecule has 0 saturated carbocycles. The number of hydrogen-bond acceptors (Lipinski definition) is 3. The Bertz CT molecular complexity index is 588. The van der Waals surface area contributed by atoms with Gasteiger partial charge in [0, 0.05) is 6.42 Å². The summed E-state index contributed by atoms with van der Waals surface area (Å²) in [6.07, 6.45) is 0.371. The summed E-state index contributed by atoms with van der Waals surface area (Å²) in [7, 11) is 0. The van der Waals surface area contributed by atoms with E-state index in [1.807, 2.05) is 13.8 Å². The number of furan rings is 1. The van der Waals surface area contributed by atoms with Crippen molar-refractivity contribution in [1.29, 1.82) is 0 Å². The molecule has 0 aliphatic rings. The zero-order chi connectivity index (χ0) is 14.0. The van der Waals surface area contributed by atoms with Gasteiger partial charge in [0.1, 0.15) is 5.76 Å². The molecule has 0 aliphatic heterocycles. The Balaban J connectivity index is 2.24. The minimum absolute atomic E-state index is 0.00486.